The summed E-state index contributed by atoms with van der Waals surface area (Å²) in [5.74, 6) is 0.181. The molecule has 1 aromatic rings. The van der Waals surface area contributed by atoms with E-state index in [4.69, 9.17) is 10.5 Å². The molecular weight excluding hydrogens is 294 g/mol. The lowest BCUT2D eigenvalue weighted by Gasteiger charge is -2.32. The lowest BCUT2D eigenvalue weighted by Crippen LogP contribution is -2.36. The van der Waals surface area contributed by atoms with Crippen LogP contribution in [-0.4, -0.2) is 31.0 Å². The quantitative estimate of drug-likeness (QED) is 0.896. The molecule has 4 heteroatoms. The van der Waals surface area contributed by atoms with Crippen LogP contribution in [0.2, 0.25) is 0 Å². The molecule has 1 aromatic carbocycles. The summed E-state index contributed by atoms with van der Waals surface area (Å²) in [6.07, 6.45) is 1.62. The van der Waals surface area contributed by atoms with Crippen molar-refractivity contribution in [2.45, 2.75) is 24.9 Å². The van der Waals surface area contributed by atoms with Crippen molar-refractivity contribution in [3.63, 3.8) is 0 Å². The van der Waals surface area contributed by atoms with Crippen molar-refractivity contribution >= 4 is 15.9 Å². The number of halogens is 1. The molecule has 0 aromatic heterocycles. The highest BCUT2D eigenvalue weighted by atomic mass is 79.9. The van der Waals surface area contributed by atoms with Crippen molar-refractivity contribution in [3.05, 3.63) is 34.3 Å². The van der Waals surface area contributed by atoms with Gasteiger partial charge in [-0.3, -0.25) is 0 Å². The fourth-order valence-corrected chi connectivity index (χ4v) is 2.99. The summed E-state index contributed by atoms with van der Waals surface area (Å²) in [5.41, 5.74) is 6.93. The van der Waals surface area contributed by atoms with Gasteiger partial charge in [-0.25, -0.2) is 0 Å². The zero-order chi connectivity index (χ0) is 13.0. The second kappa shape index (κ2) is 6.66. The molecule has 1 aliphatic heterocycles. The monoisotopic (exact) mass is 313 g/mol. The van der Waals surface area contributed by atoms with Gasteiger partial charge in [0.05, 0.1) is 12.7 Å². The molecule has 100 valence electrons. The van der Waals surface area contributed by atoms with Gasteiger partial charge >= 0.3 is 0 Å². The van der Waals surface area contributed by atoms with Crippen molar-refractivity contribution in [2.75, 3.05) is 19.8 Å². The first-order valence-electron chi connectivity index (χ1n) is 6.43. The normalized spacial score (nSPS) is 23.6. The SMILES string of the molecule is NCC(c1cccc(Br)c1)C(O)C1CCCOC1. The molecule has 2 rings (SSSR count). The largest absolute Gasteiger partial charge is 0.392 e. The Balaban J connectivity index is 2.11. The minimum Gasteiger partial charge on any atom is -0.392 e. The van der Waals surface area contributed by atoms with Crippen LogP contribution >= 0.6 is 15.9 Å². The molecule has 0 aliphatic carbocycles. The van der Waals surface area contributed by atoms with Crippen LogP contribution in [0.3, 0.4) is 0 Å². The average Bonchev–Trinajstić information content (AvgIpc) is 2.40. The number of aliphatic hydroxyl groups excluding tert-OH is 1. The Morgan fingerprint density at radius 1 is 1.50 bits per heavy atom. The zero-order valence-corrected chi connectivity index (χ0v) is 12.0. The Labute approximate surface area is 116 Å². The number of aliphatic hydroxyl groups is 1. The minimum atomic E-state index is -0.426. The van der Waals surface area contributed by atoms with E-state index in [1.54, 1.807) is 0 Å². The summed E-state index contributed by atoms with van der Waals surface area (Å²) < 4.78 is 6.47. The van der Waals surface area contributed by atoms with Crippen LogP contribution in [0, 0.1) is 5.92 Å². The number of benzene rings is 1. The number of rotatable bonds is 4. The summed E-state index contributed by atoms with van der Waals surface area (Å²) in [7, 11) is 0. The van der Waals surface area contributed by atoms with Crippen molar-refractivity contribution in [1.82, 2.24) is 0 Å². The van der Waals surface area contributed by atoms with Gasteiger partial charge in [-0.1, -0.05) is 28.1 Å². The molecule has 1 aliphatic rings. The van der Waals surface area contributed by atoms with Crippen LogP contribution in [0.4, 0.5) is 0 Å². The van der Waals surface area contributed by atoms with Crippen molar-refractivity contribution in [2.24, 2.45) is 11.7 Å². The first kappa shape index (κ1) is 14.0. The second-order valence-corrected chi connectivity index (χ2v) is 5.78. The highest BCUT2D eigenvalue weighted by molar-refractivity contribution is 9.10. The maximum atomic E-state index is 10.5. The van der Waals surface area contributed by atoms with E-state index >= 15 is 0 Å². The van der Waals surface area contributed by atoms with E-state index in [-0.39, 0.29) is 11.8 Å². The summed E-state index contributed by atoms with van der Waals surface area (Å²) in [4.78, 5) is 0. The van der Waals surface area contributed by atoms with Crippen LogP contribution in [0.25, 0.3) is 0 Å². The standard InChI is InChI=1S/C14H20BrNO2/c15-12-5-1-3-10(7-12)13(8-16)14(17)11-4-2-6-18-9-11/h1,3,5,7,11,13-14,17H,2,4,6,8-9,16H2. The Morgan fingerprint density at radius 2 is 2.33 bits per heavy atom. The number of ether oxygens (including phenoxy) is 1. The van der Waals surface area contributed by atoms with Gasteiger partial charge in [-0.2, -0.15) is 0 Å². The topological polar surface area (TPSA) is 55.5 Å². The van der Waals surface area contributed by atoms with Crippen molar-refractivity contribution < 1.29 is 9.84 Å². The van der Waals surface area contributed by atoms with E-state index in [1.165, 1.54) is 0 Å². The molecule has 1 saturated heterocycles. The maximum Gasteiger partial charge on any atom is 0.0670 e. The van der Waals surface area contributed by atoms with Crippen LogP contribution in [0.15, 0.2) is 28.7 Å². The Hall–Kier alpha value is -0.420. The lowest BCUT2D eigenvalue weighted by atomic mass is 9.83. The van der Waals surface area contributed by atoms with Crippen LogP contribution in [-0.2, 0) is 4.74 Å². The van der Waals surface area contributed by atoms with Gasteiger partial charge in [0.15, 0.2) is 0 Å². The zero-order valence-electron chi connectivity index (χ0n) is 10.4. The molecule has 0 saturated carbocycles. The highest BCUT2D eigenvalue weighted by Crippen LogP contribution is 2.29. The van der Waals surface area contributed by atoms with Crippen molar-refractivity contribution in [1.29, 1.82) is 0 Å². The molecular formula is C14H20BrNO2. The number of nitrogens with two attached hydrogens (primary N) is 1. The molecule has 3 unspecified atom stereocenters. The molecule has 1 fully saturated rings. The van der Waals surface area contributed by atoms with E-state index in [2.05, 4.69) is 15.9 Å². The average molecular weight is 314 g/mol. The van der Waals surface area contributed by atoms with E-state index in [1.807, 2.05) is 24.3 Å². The third kappa shape index (κ3) is 3.32. The second-order valence-electron chi connectivity index (χ2n) is 4.87. The Kier molecular flexibility index (Phi) is 5.18. The molecule has 0 spiro atoms. The van der Waals surface area contributed by atoms with E-state index in [0.717, 1.165) is 29.5 Å². The molecule has 3 nitrogen and oxygen atoms in total. The van der Waals surface area contributed by atoms with Gasteiger partial charge in [0.25, 0.3) is 0 Å². The molecule has 3 atom stereocenters. The Bertz CT molecular complexity index is 380. The first-order valence-corrected chi connectivity index (χ1v) is 7.23. The molecule has 0 amide bonds. The molecule has 1 heterocycles. The van der Waals surface area contributed by atoms with E-state index in [9.17, 15) is 5.11 Å². The fraction of sp³-hybridized carbons (Fsp3) is 0.571. The minimum absolute atomic E-state index is 0.0193. The van der Waals surface area contributed by atoms with Crippen LogP contribution in [0.1, 0.15) is 24.3 Å². The molecule has 0 radical (unpaired) electrons. The van der Waals surface area contributed by atoms with Crippen LogP contribution in [0.5, 0.6) is 0 Å². The van der Waals surface area contributed by atoms with Crippen LogP contribution < -0.4 is 5.73 Å². The van der Waals surface area contributed by atoms with E-state index < -0.39 is 6.10 Å². The van der Waals surface area contributed by atoms with E-state index in [0.29, 0.717) is 13.2 Å². The molecule has 0 bridgehead atoms. The van der Waals surface area contributed by atoms with Gasteiger partial charge < -0.3 is 15.6 Å². The fourth-order valence-electron chi connectivity index (χ4n) is 2.57. The summed E-state index contributed by atoms with van der Waals surface area (Å²) in [6.45, 7) is 1.91. The van der Waals surface area contributed by atoms with Gasteiger partial charge in [-0.15, -0.1) is 0 Å². The number of hydrogen-bond donors (Lipinski definition) is 2. The maximum absolute atomic E-state index is 10.5. The van der Waals surface area contributed by atoms with Gasteiger partial charge in [0.1, 0.15) is 0 Å². The summed E-state index contributed by atoms with van der Waals surface area (Å²) >= 11 is 3.46. The Morgan fingerprint density at radius 3 is 2.94 bits per heavy atom. The number of hydrogen-bond acceptors (Lipinski definition) is 3. The molecule has 3 N–H and O–H groups in total. The van der Waals surface area contributed by atoms with Gasteiger partial charge in [0, 0.05) is 29.5 Å². The lowest BCUT2D eigenvalue weighted by molar-refractivity contribution is -0.0184. The first-order chi connectivity index (χ1) is 8.72. The third-order valence-electron chi connectivity index (χ3n) is 3.62. The molecule has 18 heavy (non-hydrogen) atoms. The highest BCUT2D eigenvalue weighted by Gasteiger charge is 2.29. The van der Waals surface area contributed by atoms with Crippen molar-refractivity contribution in [3.8, 4) is 0 Å². The smallest absolute Gasteiger partial charge is 0.0670 e. The summed E-state index contributed by atoms with van der Waals surface area (Å²) in [6, 6.07) is 8.01. The predicted molar refractivity (Wildman–Crippen MR) is 75.5 cm³/mol. The summed E-state index contributed by atoms with van der Waals surface area (Å²) in [5, 5.41) is 10.5. The third-order valence-corrected chi connectivity index (χ3v) is 4.11. The predicted octanol–water partition coefficient (Wildman–Crippen LogP) is 2.28. The van der Waals surface area contributed by atoms with Gasteiger partial charge in [-0.05, 0) is 30.5 Å². The van der Waals surface area contributed by atoms with Gasteiger partial charge in [0.2, 0.25) is 0 Å².